The highest BCUT2D eigenvalue weighted by atomic mass is 28.3. The minimum Gasteiger partial charge on any atom is -0.0902 e. The van der Waals surface area contributed by atoms with Crippen molar-refractivity contribution in [1.82, 2.24) is 0 Å². The molecule has 0 radical (unpaired) electrons. The van der Waals surface area contributed by atoms with E-state index in [1.54, 1.807) is 5.19 Å². The lowest BCUT2D eigenvalue weighted by Crippen LogP contribution is -2.41. The minimum absolute atomic E-state index is 0.452. The van der Waals surface area contributed by atoms with Crippen molar-refractivity contribution in [2.75, 3.05) is 0 Å². The molecular formula is C23H34Si. The molecule has 0 aromatic heterocycles. The highest BCUT2D eigenvalue weighted by molar-refractivity contribution is 6.94. The lowest BCUT2D eigenvalue weighted by Gasteiger charge is -2.38. The van der Waals surface area contributed by atoms with Gasteiger partial charge in [-0.2, -0.15) is 0 Å². The maximum Gasteiger partial charge on any atom is 0.104 e. The fraction of sp³-hybridized carbons (Fsp3) is 0.565. The molecule has 2 fully saturated rings. The second-order valence-corrected chi connectivity index (χ2v) is 13.4. The molecule has 2 aliphatic carbocycles. The molecule has 24 heavy (non-hydrogen) atoms. The highest BCUT2D eigenvalue weighted by Gasteiger charge is 2.51. The van der Waals surface area contributed by atoms with E-state index in [0.717, 1.165) is 11.8 Å². The molecule has 0 saturated heterocycles. The standard InChI is InChI=1S/C23H34Si/c1-18(2)10-9-15-23(3)20-14-13-19(16-20)22(23)17-24(4,5)21-11-7-6-8-12-21/h6-8,10-12,17,19-20H,9,13-16H2,1-5H3/b22-17-/t19-,20+,23-/m1/s1. The van der Waals surface area contributed by atoms with Gasteiger partial charge in [0.15, 0.2) is 0 Å². The van der Waals surface area contributed by atoms with Gasteiger partial charge in [-0.05, 0) is 63.2 Å². The Labute approximate surface area is 150 Å². The summed E-state index contributed by atoms with van der Waals surface area (Å²) in [6, 6.07) is 11.2. The molecule has 0 nitrogen and oxygen atoms in total. The van der Waals surface area contributed by atoms with Crippen LogP contribution in [0.5, 0.6) is 0 Å². The average molecular weight is 339 g/mol. The van der Waals surface area contributed by atoms with Gasteiger partial charge in [-0.25, -0.2) is 0 Å². The van der Waals surface area contributed by atoms with Crippen LogP contribution in [0.25, 0.3) is 0 Å². The molecule has 3 atom stereocenters. The molecule has 2 aliphatic rings. The molecule has 130 valence electrons. The molecule has 1 aromatic carbocycles. The number of benzene rings is 1. The van der Waals surface area contributed by atoms with Crippen LogP contribution in [-0.2, 0) is 0 Å². The monoisotopic (exact) mass is 338 g/mol. The van der Waals surface area contributed by atoms with Crippen molar-refractivity contribution in [1.29, 1.82) is 0 Å². The van der Waals surface area contributed by atoms with Crippen molar-refractivity contribution in [3.63, 3.8) is 0 Å². The van der Waals surface area contributed by atoms with Gasteiger partial charge in [-0.3, -0.25) is 0 Å². The van der Waals surface area contributed by atoms with Gasteiger partial charge in [0.05, 0.1) is 0 Å². The summed E-state index contributed by atoms with van der Waals surface area (Å²) in [5, 5.41) is 1.58. The van der Waals surface area contributed by atoms with E-state index in [9.17, 15) is 0 Å². The Morgan fingerprint density at radius 2 is 1.88 bits per heavy atom. The molecule has 3 rings (SSSR count). The Balaban J connectivity index is 1.90. The predicted molar refractivity (Wildman–Crippen MR) is 109 cm³/mol. The van der Waals surface area contributed by atoms with Crippen LogP contribution in [0.3, 0.4) is 0 Å². The molecule has 1 heteroatoms. The van der Waals surface area contributed by atoms with Crippen LogP contribution in [0.2, 0.25) is 13.1 Å². The summed E-state index contributed by atoms with van der Waals surface area (Å²) in [5.41, 5.74) is 6.54. The molecule has 0 unspecified atom stereocenters. The first kappa shape index (κ1) is 17.7. The smallest absolute Gasteiger partial charge is 0.0902 e. The van der Waals surface area contributed by atoms with Gasteiger partial charge in [-0.1, -0.05) is 78.5 Å². The van der Waals surface area contributed by atoms with Crippen LogP contribution >= 0.6 is 0 Å². The topological polar surface area (TPSA) is 0 Å². The third-order valence-electron chi connectivity index (χ3n) is 6.68. The molecule has 2 bridgehead atoms. The summed E-state index contributed by atoms with van der Waals surface area (Å²) in [7, 11) is -1.51. The van der Waals surface area contributed by atoms with E-state index in [1.807, 2.05) is 5.57 Å². The van der Waals surface area contributed by atoms with Crippen LogP contribution < -0.4 is 5.19 Å². The van der Waals surface area contributed by atoms with Crippen LogP contribution in [0.4, 0.5) is 0 Å². The minimum atomic E-state index is -1.51. The van der Waals surface area contributed by atoms with E-state index in [2.05, 4.69) is 76.0 Å². The predicted octanol–water partition coefficient (Wildman–Crippen LogP) is 6.25. The van der Waals surface area contributed by atoms with Gasteiger partial charge in [0.2, 0.25) is 0 Å². The molecular weight excluding hydrogens is 304 g/mol. The number of rotatable bonds is 5. The average Bonchev–Trinajstić information content (AvgIpc) is 3.10. The number of hydrogen-bond donors (Lipinski definition) is 0. The molecule has 1 aromatic rings. The maximum absolute atomic E-state index is 2.79. The third-order valence-corrected chi connectivity index (χ3v) is 9.54. The fourth-order valence-corrected chi connectivity index (χ4v) is 7.74. The summed E-state index contributed by atoms with van der Waals surface area (Å²) < 4.78 is 0. The van der Waals surface area contributed by atoms with Gasteiger partial charge in [0, 0.05) is 0 Å². The van der Waals surface area contributed by atoms with Crippen molar-refractivity contribution < 1.29 is 0 Å². The third kappa shape index (κ3) is 3.33. The van der Waals surface area contributed by atoms with Gasteiger partial charge < -0.3 is 0 Å². The second-order valence-electron chi connectivity index (χ2n) is 9.13. The molecule has 0 aliphatic heterocycles. The molecule has 0 N–H and O–H groups in total. The molecule has 0 heterocycles. The first-order chi connectivity index (χ1) is 11.3. The molecule has 2 saturated carbocycles. The van der Waals surface area contributed by atoms with E-state index in [4.69, 9.17) is 0 Å². The summed E-state index contributed by atoms with van der Waals surface area (Å²) in [6.07, 6.45) is 9.37. The van der Waals surface area contributed by atoms with E-state index >= 15 is 0 Å². The Bertz CT molecular complexity index is 633. The Morgan fingerprint density at radius 1 is 1.17 bits per heavy atom. The van der Waals surface area contributed by atoms with Gasteiger partial charge in [-0.15, -0.1) is 0 Å². The van der Waals surface area contributed by atoms with Crippen molar-refractivity contribution in [3.8, 4) is 0 Å². The van der Waals surface area contributed by atoms with Crippen molar-refractivity contribution in [2.24, 2.45) is 17.3 Å². The lowest BCUT2D eigenvalue weighted by molar-refractivity contribution is 0.240. The van der Waals surface area contributed by atoms with Crippen LogP contribution in [0, 0.1) is 17.3 Å². The van der Waals surface area contributed by atoms with E-state index in [0.29, 0.717) is 5.41 Å². The summed E-state index contributed by atoms with van der Waals surface area (Å²) in [6.45, 7) is 12.1. The van der Waals surface area contributed by atoms with Crippen LogP contribution in [0.15, 0.2) is 53.3 Å². The highest BCUT2D eigenvalue weighted by Crippen LogP contribution is 2.61. The summed E-state index contributed by atoms with van der Waals surface area (Å²) >= 11 is 0. The molecule has 0 spiro atoms. The van der Waals surface area contributed by atoms with Gasteiger partial charge >= 0.3 is 0 Å². The quantitative estimate of drug-likeness (QED) is 0.439. The first-order valence-electron chi connectivity index (χ1n) is 9.75. The van der Waals surface area contributed by atoms with Crippen molar-refractivity contribution >= 4 is 13.3 Å². The second kappa shape index (κ2) is 6.67. The van der Waals surface area contributed by atoms with Crippen LogP contribution in [0.1, 0.15) is 52.9 Å². The Morgan fingerprint density at radius 3 is 2.54 bits per heavy atom. The van der Waals surface area contributed by atoms with Gasteiger partial charge in [0.25, 0.3) is 0 Å². The Hall–Kier alpha value is -1.08. The largest absolute Gasteiger partial charge is 0.104 e. The van der Waals surface area contributed by atoms with Crippen molar-refractivity contribution in [2.45, 2.75) is 66.0 Å². The zero-order chi connectivity index (χ0) is 17.4. The van der Waals surface area contributed by atoms with E-state index in [1.165, 1.54) is 37.7 Å². The molecule has 0 amide bonds. The number of hydrogen-bond acceptors (Lipinski definition) is 0. The first-order valence-corrected chi connectivity index (χ1v) is 12.8. The van der Waals surface area contributed by atoms with E-state index in [-0.39, 0.29) is 0 Å². The van der Waals surface area contributed by atoms with Crippen molar-refractivity contribution in [3.05, 3.63) is 53.3 Å². The Kier molecular flexibility index (Phi) is 4.93. The lowest BCUT2D eigenvalue weighted by atomic mass is 9.69. The summed E-state index contributed by atoms with van der Waals surface area (Å²) in [5.74, 6) is 1.81. The number of allylic oxidation sites excluding steroid dienone is 3. The summed E-state index contributed by atoms with van der Waals surface area (Å²) in [4.78, 5) is 0. The SMILES string of the molecule is CC(C)=CCC[C@@]1(C)/C(=C\[Si](C)(C)c2ccccc2)[C@@H]2CC[C@H]1C2. The normalized spacial score (nSPS) is 30.8. The zero-order valence-corrected chi connectivity index (χ0v) is 17.2. The van der Waals surface area contributed by atoms with Gasteiger partial charge in [0.1, 0.15) is 8.07 Å². The maximum atomic E-state index is 2.79. The zero-order valence-electron chi connectivity index (χ0n) is 16.2. The fourth-order valence-electron chi connectivity index (χ4n) is 5.18. The number of fused-ring (bicyclic) bond motifs is 2. The van der Waals surface area contributed by atoms with Crippen LogP contribution in [-0.4, -0.2) is 8.07 Å². The van der Waals surface area contributed by atoms with E-state index < -0.39 is 8.07 Å².